The highest BCUT2D eigenvalue weighted by molar-refractivity contribution is 7.13. The van der Waals surface area contributed by atoms with E-state index in [-0.39, 0.29) is 5.91 Å². The molecule has 7 nitrogen and oxygen atoms in total. The van der Waals surface area contributed by atoms with Crippen LogP contribution in [-0.4, -0.2) is 57.8 Å². The van der Waals surface area contributed by atoms with Crippen LogP contribution in [0.4, 0.5) is 10.8 Å². The van der Waals surface area contributed by atoms with Crippen molar-refractivity contribution in [3.05, 3.63) is 23.0 Å². The maximum atomic E-state index is 12.4. The minimum Gasteiger partial charge on any atom is -0.343 e. The molecule has 0 aromatic carbocycles. The summed E-state index contributed by atoms with van der Waals surface area (Å²) in [6.07, 6.45) is 1.84. The Morgan fingerprint density at radius 2 is 2.21 bits per heavy atom. The average molecular weight is 348 g/mol. The van der Waals surface area contributed by atoms with E-state index >= 15 is 0 Å². The Kier molecular flexibility index (Phi) is 4.86. The summed E-state index contributed by atoms with van der Waals surface area (Å²) in [5, 5.41) is 10.4. The maximum Gasteiger partial charge on any atom is 0.238 e. The van der Waals surface area contributed by atoms with Crippen LogP contribution in [-0.2, 0) is 11.8 Å². The third kappa shape index (κ3) is 3.44. The van der Waals surface area contributed by atoms with Crippen molar-refractivity contribution in [1.29, 1.82) is 0 Å². The van der Waals surface area contributed by atoms with Gasteiger partial charge in [0, 0.05) is 44.3 Å². The lowest BCUT2D eigenvalue weighted by molar-refractivity contribution is -0.117. The van der Waals surface area contributed by atoms with E-state index in [9.17, 15) is 4.79 Å². The second-order valence-corrected chi connectivity index (χ2v) is 7.18. The molecule has 3 heterocycles. The second-order valence-electron chi connectivity index (χ2n) is 6.31. The Hall–Kier alpha value is -1.93. The highest BCUT2D eigenvalue weighted by Crippen LogP contribution is 2.23. The number of carbonyl (C=O) groups excluding carboxylic acids is 1. The molecule has 1 aliphatic heterocycles. The molecule has 0 bridgehead atoms. The van der Waals surface area contributed by atoms with Gasteiger partial charge in [-0.15, -0.1) is 11.3 Å². The van der Waals surface area contributed by atoms with Crippen molar-refractivity contribution in [3.8, 4) is 0 Å². The Morgan fingerprint density at radius 1 is 1.42 bits per heavy atom. The van der Waals surface area contributed by atoms with Gasteiger partial charge in [-0.25, -0.2) is 4.98 Å². The van der Waals surface area contributed by atoms with Gasteiger partial charge in [0.05, 0.1) is 23.6 Å². The number of piperazine rings is 1. The van der Waals surface area contributed by atoms with E-state index < -0.39 is 0 Å². The number of anilines is 2. The number of nitrogens with one attached hydrogen (secondary N) is 1. The van der Waals surface area contributed by atoms with E-state index in [1.165, 1.54) is 0 Å². The number of rotatable bonds is 4. The molecule has 1 aliphatic rings. The topological polar surface area (TPSA) is 66.3 Å². The quantitative estimate of drug-likeness (QED) is 0.910. The lowest BCUT2D eigenvalue weighted by Gasteiger charge is -2.39. The molecule has 1 amide bonds. The van der Waals surface area contributed by atoms with Gasteiger partial charge < -0.3 is 10.2 Å². The standard InChI is InChI=1S/C16H24N6OS/c1-11-9-21(6-7-22(11)16-17-5-8-24-16)10-14(23)18-15-12(2)19-20(4)13(15)3/h5,8,11H,6-7,9-10H2,1-4H3,(H,18,23)/t11-/m0/s1. The van der Waals surface area contributed by atoms with Gasteiger partial charge in [0.25, 0.3) is 0 Å². The van der Waals surface area contributed by atoms with E-state index in [0.29, 0.717) is 12.6 Å². The molecule has 1 fully saturated rings. The molecule has 0 aliphatic carbocycles. The van der Waals surface area contributed by atoms with Crippen LogP contribution in [0.3, 0.4) is 0 Å². The van der Waals surface area contributed by atoms with Crippen molar-refractivity contribution >= 4 is 28.1 Å². The fourth-order valence-electron chi connectivity index (χ4n) is 3.16. The molecule has 3 rings (SSSR count). The lowest BCUT2D eigenvalue weighted by Crippen LogP contribution is -2.53. The van der Waals surface area contributed by atoms with Crippen molar-refractivity contribution < 1.29 is 4.79 Å². The Labute approximate surface area is 146 Å². The third-order valence-corrected chi connectivity index (χ3v) is 5.33. The molecule has 0 unspecified atom stereocenters. The van der Waals surface area contributed by atoms with Crippen LogP contribution in [0.1, 0.15) is 18.3 Å². The number of aromatic nitrogens is 3. The first-order valence-corrected chi connectivity index (χ1v) is 9.02. The summed E-state index contributed by atoms with van der Waals surface area (Å²) < 4.78 is 1.79. The number of hydrogen-bond acceptors (Lipinski definition) is 6. The summed E-state index contributed by atoms with van der Waals surface area (Å²) in [5.41, 5.74) is 2.66. The SMILES string of the molecule is Cc1nn(C)c(C)c1NC(=O)CN1CCN(c2nccs2)[C@@H](C)C1. The molecule has 2 aromatic heterocycles. The van der Waals surface area contributed by atoms with Crippen LogP contribution in [0.5, 0.6) is 0 Å². The predicted molar refractivity (Wildman–Crippen MR) is 96.7 cm³/mol. The Morgan fingerprint density at radius 3 is 2.79 bits per heavy atom. The van der Waals surface area contributed by atoms with E-state index in [2.05, 4.69) is 32.1 Å². The maximum absolute atomic E-state index is 12.4. The van der Waals surface area contributed by atoms with Crippen molar-refractivity contribution in [3.63, 3.8) is 0 Å². The lowest BCUT2D eigenvalue weighted by atomic mass is 10.2. The zero-order valence-electron chi connectivity index (χ0n) is 14.6. The average Bonchev–Trinajstić information content (AvgIpc) is 3.12. The number of aryl methyl sites for hydroxylation is 2. The fraction of sp³-hybridized carbons (Fsp3) is 0.562. The van der Waals surface area contributed by atoms with E-state index in [4.69, 9.17) is 0 Å². The van der Waals surface area contributed by atoms with Crippen LogP contribution in [0.25, 0.3) is 0 Å². The van der Waals surface area contributed by atoms with Crippen molar-refractivity contribution in [2.24, 2.45) is 7.05 Å². The van der Waals surface area contributed by atoms with Crippen LogP contribution >= 0.6 is 11.3 Å². The fourth-order valence-corrected chi connectivity index (χ4v) is 3.93. The molecule has 0 radical (unpaired) electrons. The van der Waals surface area contributed by atoms with Crippen LogP contribution < -0.4 is 10.2 Å². The highest BCUT2D eigenvalue weighted by atomic mass is 32.1. The first-order chi connectivity index (χ1) is 11.5. The molecule has 1 atom stereocenters. The first-order valence-electron chi connectivity index (χ1n) is 8.14. The molecule has 1 N–H and O–H groups in total. The Balaban J connectivity index is 1.56. The van der Waals surface area contributed by atoms with Crippen molar-refractivity contribution in [2.45, 2.75) is 26.8 Å². The molecule has 8 heteroatoms. The summed E-state index contributed by atoms with van der Waals surface area (Å²) >= 11 is 1.66. The van der Waals surface area contributed by atoms with Crippen molar-refractivity contribution in [1.82, 2.24) is 19.7 Å². The number of nitrogens with zero attached hydrogens (tertiary/aromatic N) is 5. The highest BCUT2D eigenvalue weighted by Gasteiger charge is 2.26. The molecule has 0 spiro atoms. The van der Waals surface area contributed by atoms with E-state index in [1.807, 2.05) is 32.5 Å². The summed E-state index contributed by atoms with van der Waals surface area (Å²) in [6, 6.07) is 0.347. The third-order valence-electron chi connectivity index (χ3n) is 4.52. The molecule has 130 valence electrons. The second kappa shape index (κ2) is 6.90. The number of thiazole rings is 1. The Bertz CT molecular complexity index is 710. The molecule has 1 saturated heterocycles. The van der Waals surface area contributed by atoms with Gasteiger partial charge in [0.15, 0.2) is 5.13 Å². The minimum atomic E-state index is 0.0177. The van der Waals surface area contributed by atoms with Gasteiger partial charge >= 0.3 is 0 Å². The molecule has 0 saturated carbocycles. The van der Waals surface area contributed by atoms with E-state index in [1.54, 1.807) is 16.0 Å². The molecular formula is C16H24N6OS. The molecule has 2 aromatic rings. The van der Waals surface area contributed by atoms with Crippen LogP contribution in [0, 0.1) is 13.8 Å². The van der Waals surface area contributed by atoms with Crippen LogP contribution in [0.2, 0.25) is 0 Å². The van der Waals surface area contributed by atoms with Gasteiger partial charge in [0.1, 0.15) is 0 Å². The summed E-state index contributed by atoms with van der Waals surface area (Å²) in [4.78, 5) is 21.3. The first kappa shape index (κ1) is 16.9. The normalized spacial score (nSPS) is 18.8. The number of amides is 1. The number of carbonyl (C=O) groups is 1. The van der Waals surface area contributed by atoms with Gasteiger partial charge in [-0.1, -0.05) is 0 Å². The van der Waals surface area contributed by atoms with Gasteiger partial charge in [-0.2, -0.15) is 5.10 Å². The summed E-state index contributed by atoms with van der Waals surface area (Å²) in [5.74, 6) is 0.0177. The van der Waals surface area contributed by atoms with Crippen molar-refractivity contribution in [2.75, 3.05) is 36.4 Å². The largest absolute Gasteiger partial charge is 0.343 e. The van der Waals surface area contributed by atoms with Gasteiger partial charge in [-0.05, 0) is 20.8 Å². The van der Waals surface area contributed by atoms with Crippen LogP contribution in [0.15, 0.2) is 11.6 Å². The van der Waals surface area contributed by atoms with Gasteiger partial charge in [0.2, 0.25) is 5.91 Å². The van der Waals surface area contributed by atoms with Gasteiger partial charge in [-0.3, -0.25) is 14.4 Å². The predicted octanol–water partition coefficient (Wildman–Crippen LogP) is 1.64. The monoisotopic (exact) mass is 348 g/mol. The summed E-state index contributed by atoms with van der Waals surface area (Å²) in [7, 11) is 1.89. The smallest absolute Gasteiger partial charge is 0.238 e. The summed E-state index contributed by atoms with van der Waals surface area (Å²) in [6.45, 7) is 9.08. The molecule has 24 heavy (non-hydrogen) atoms. The zero-order chi connectivity index (χ0) is 17.3. The zero-order valence-corrected chi connectivity index (χ0v) is 15.4. The van der Waals surface area contributed by atoms with E-state index in [0.717, 1.165) is 41.8 Å². The molecular weight excluding hydrogens is 324 g/mol. The minimum absolute atomic E-state index is 0.0177. The number of hydrogen-bond donors (Lipinski definition) is 1.